The summed E-state index contributed by atoms with van der Waals surface area (Å²) in [5.41, 5.74) is 0.302. The Balaban J connectivity index is 1.74. The lowest BCUT2D eigenvalue weighted by atomic mass is 9.95. The van der Waals surface area contributed by atoms with Crippen LogP contribution in [-0.2, 0) is 11.3 Å². The first-order valence-electron chi connectivity index (χ1n) is 6.14. The number of likely N-dealkylation sites (tertiary alicyclic amines) is 1. The maximum atomic E-state index is 8.84. The van der Waals surface area contributed by atoms with Gasteiger partial charge in [0, 0.05) is 23.6 Å². The summed E-state index contributed by atoms with van der Waals surface area (Å²) in [7, 11) is 0. The van der Waals surface area contributed by atoms with Crippen LogP contribution < -0.4 is 0 Å². The quantitative estimate of drug-likeness (QED) is 0.806. The molecule has 17 heavy (non-hydrogen) atoms. The molecular weight excluding hydrogens is 232 g/mol. The second-order valence-electron chi connectivity index (χ2n) is 4.93. The van der Waals surface area contributed by atoms with Crippen LogP contribution in [0.3, 0.4) is 0 Å². The molecule has 3 heterocycles. The molecule has 1 aromatic rings. The third-order valence-corrected chi connectivity index (χ3v) is 4.92. The third kappa shape index (κ3) is 1.99. The van der Waals surface area contributed by atoms with E-state index in [0.717, 1.165) is 24.6 Å². The average Bonchev–Trinajstić information content (AvgIpc) is 3.04. The van der Waals surface area contributed by atoms with E-state index in [0.29, 0.717) is 5.54 Å². The van der Waals surface area contributed by atoms with Gasteiger partial charge in [-0.2, -0.15) is 5.26 Å². The van der Waals surface area contributed by atoms with Gasteiger partial charge in [-0.05, 0) is 37.9 Å². The number of hydrogen-bond donors (Lipinski definition) is 0. The van der Waals surface area contributed by atoms with Crippen LogP contribution in [0.2, 0.25) is 0 Å². The molecule has 0 saturated carbocycles. The molecule has 0 bridgehead atoms. The zero-order valence-corrected chi connectivity index (χ0v) is 10.6. The van der Waals surface area contributed by atoms with E-state index in [9.17, 15) is 0 Å². The highest BCUT2D eigenvalue weighted by Crippen LogP contribution is 2.38. The van der Waals surface area contributed by atoms with Crippen molar-refractivity contribution >= 4 is 11.3 Å². The predicted molar refractivity (Wildman–Crippen MR) is 66.8 cm³/mol. The summed E-state index contributed by atoms with van der Waals surface area (Å²) >= 11 is 1.62. The molecule has 3 nitrogen and oxygen atoms in total. The summed E-state index contributed by atoms with van der Waals surface area (Å²) in [6.45, 7) is 3.95. The van der Waals surface area contributed by atoms with Crippen molar-refractivity contribution in [2.75, 3.05) is 19.8 Å². The standard InChI is InChI=1S/C13H16N2OS/c14-8-11-2-3-12(17-11)9-15-6-1-4-13(15)5-7-16-10-13/h2-3H,1,4-7,9-10H2. The molecule has 1 unspecified atom stereocenters. The predicted octanol–water partition coefficient (Wildman–Crippen LogP) is 2.37. The van der Waals surface area contributed by atoms with E-state index >= 15 is 0 Å². The van der Waals surface area contributed by atoms with Gasteiger partial charge in [0.1, 0.15) is 10.9 Å². The molecule has 0 aromatic carbocycles. The Hall–Kier alpha value is -0.890. The smallest absolute Gasteiger partial charge is 0.110 e. The number of thiophene rings is 1. The molecular formula is C13H16N2OS. The van der Waals surface area contributed by atoms with E-state index in [-0.39, 0.29) is 0 Å². The van der Waals surface area contributed by atoms with E-state index in [1.54, 1.807) is 11.3 Å². The summed E-state index contributed by atoms with van der Waals surface area (Å²) < 4.78 is 5.59. The minimum Gasteiger partial charge on any atom is -0.379 e. The molecule has 2 aliphatic heterocycles. The van der Waals surface area contributed by atoms with E-state index in [4.69, 9.17) is 10.00 Å². The first kappa shape index (κ1) is 11.2. The molecule has 3 rings (SSSR count). The van der Waals surface area contributed by atoms with Crippen molar-refractivity contribution in [3.8, 4) is 6.07 Å². The van der Waals surface area contributed by atoms with Gasteiger partial charge in [-0.15, -0.1) is 11.3 Å². The fourth-order valence-corrected chi connectivity index (χ4v) is 3.82. The number of rotatable bonds is 2. The minimum atomic E-state index is 0.302. The van der Waals surface area contributed by atoms with Crippen LogP contribution in [0.15, 0.2) is 12.1 Å². The summed E-state index contributed by atoms with van der Waals surface area (Å²) in [5, 5.41) is 8.84. The van der Waals surface area contributed by atoms with Crippen molar-refractivity contribution in [2.45, 2.75) is 31.3 Å². The first-order valence-corrected chi connectivity index (χ1v) is 6.96. The second kappa shape index (κ2) is 4.41. The van der Waals surface area contributed by atoms with Crippen LogP contribution in [0.1, 0.15) is 29.0 Å². The van der Waals surface area contributed by atoms with E-state index in [1.165, 1.54) is 30.7 Å². The van der Waals surface area contributed by atoms with Gasteiger partial charge >= 0.3 is 0 Å². The topological polar surface area (TPSA) is 36.3 Å². The van der Waals surface area contributed by atoms with Crippen molar-refractivity contribution < 1.29 is 4.74 Å². The van der Waals surface area contributed by atoms with Crippen molar-refractivity contribution in [1.29, 1.82) is 5.26 Å². The zero-order valence-electron chi connectivity index (χ0n) is 9.82. The Morgan fingerprint density at radius 3 is 3.12 bits per heavy atom. The van der Waals surface area contributed by atoms with Crippen molar-refractivity contribution in [1.82, 2.24) is 4.90 Å². The molecule has 0 aliphatic carbocycles. The molecule has 0 radical (unpaired) electrons. The van der Waals surface area contributed by atoms with E-state index in [2.05, 4.69) is 17.0 Å². The van der Waals surface area contributed by atoms with Gasteiger partial charge in [0.05, 0.1) is 6.61 Å². The molecule has 1 spiro atoms. The summed E-state index contributed by atoms with van der Waals surface area (Å²) in [5.74, 6) is 0. The monoisotopic (exact) mass is 248 g/mol. The lowest BCUT2D eigenvalue weighted by Crippen LogP contribution is -2.43. The Morgan fingerprint density at radius 1 is 1.47 bits per heavy atom. The number of hydrogen-bond acceptors (Lipinski definition) is 4. The van der Waals surface area contributed by atoms with Gasteiger partial charge in [0.2, 0.25) is 0 Å². The Bertz CT molecular complexity index is 437. The molecule has 1 atom stereocenters. The second-order valence-corrected chi connectivity index (χ2v) is 6.10. The SMILES string of the molecule is N#Cc1ccc(CN2CCCC23CCOC3)s1. The fourth-order valence-electron chi connectivity index (χ4n) is 3.00. The molecule has 1 aromatic heterocycles. The normalized spacial score (nSPS) is 28.9. The van der Waals surface area contributed by atoms with Crippen LogP contribution in [0.4, 0.5) is 0 Å². The summed E-state index contributed by atoms with van der Waals surface area (Å²) in [4.78, 5) is 4.68. The molecule has 2 aliphatic rings. The lowest BCUT2D eigenvalue weighted by Gasteiger charge is -2.33. The Morgan fingerprint density at radius 2 is 2.41 bits per heavy atom. The first-order chi connectivity index (χ1) is 8.32. The maximum absolute atomic E-state index is 8.84. The van der Waals surface area contributed by atoms with E-state index in [1.807, 2.05) is 6.07 Å². The number of ether oxygens (including phenoxy) is 1. The van der Waals surface area contributed by atoms with Gasteiger partial charge in [-0.1, -0.05) is 0 Å². The van der Waals surface area contributed by atoms with Crippen LogP contribution in [-0.4, -0.2) is 30.2 Å². The average molecular weight is 248 g/mol. The van der Waals surface area contributed by atoms with Crippen LogP contribution in [0, 0.1) is 11.3 Å². The van der Waals surface area contributed by atoms with Gasteiger partial charge in [-0.3, -0.25) is 4.90 Å². The minimum absolute atomic E-state index is 0.302. The summed E-state index contributed by atoms with van der Waals surface area (Å²) in [6, 6.07) is 6.22. The highest BCUT2D eigenvalue weighted by atomic mass is 32.1. The molecule has 0 amide bonds. The highest BCUT2D eigenvalue weighted by molar-refractivity contribution is 7.12. The highest BCUT2D eigenvalue weighted by Gasteiger charge is 2.43. The largest absolute Gasteiger partial charge is 0.379 e. The van der Waals surface area contributed by atoms with Gasteiger partial charge in [-0.25, -0.2) is 0 Å². The number of nitriles is 1. The molecule has 90 valence electrons. The maximum Gasteiger partial charge on any atom is 0.110 e. The molecule has 4 heteroatoms. The van der Waals surface area contributed by atoms with Crippen molar-refractivity contribution in [3.05, 3.63) is 21.9 Å². The van der Waals surface area contributed by atoms with Crippen molar-refractivity contribution in [2.24, 2.45) is 0 Å². The molecule has 2 saturated heterocycles. The number of nitrogens with zero attached hydrogens (tertiary/aromatic N) is 2. The van der Waals surface area contributed by atoms with Crippen LogP contribution in [0.5, 0.6) is 0 Å². The van der Waals surface area contributed by atoms with Crippen LogP contribution in [0.25, 0.3) is 0 Å². The van der Waals surface area contributed by atoms with Gasteiger partial charge in [0.25, 0.3) is 0 Å². The van der Waals surface area contributed by atoms with Gasteiger partial charge < -0.3 is 4.74 Å². The third-order valence-electron chi connectivity index (χ3n) is 3.94. The Labute approximate surface area is 106 Å². The zero-order chi connectivity index (χ0) is 11.7. The Kier molecular flexibility index (Phi) is 2.91. The summed E-state index contributed by atoms with van der Waals surface area (Å²) in [6.07, 6.45) is 3.72. The van der Waals surface area contributed by atoms with Gasteiger partial charge in [0.15, 0.2) is 0 Å². The van der Waals surface area contributed by atoms with Crippen molar-refractivity contribution in [3.63, 3.8) is 0 Å². The molecule has 2 fully saturated rings. The van der Waals surface area contributed by atoms with Crippen LogP contribution >= 0.6 is 11.3 Å². The fraction of sp³-hybridized carbons (Fsp3) is 0.615. The lowest BCUT2D eigenvalue weighted by molar-refractivity contribution is 0.0968. The van der Waals surface area contributed by atoms with E-state index < -0.39 is 0 Å². The molecule has 0 N–H and O–H groups in total.